The predicted octanol–water partition coefficient (Wildman–Crippen LogP) is 12.3. The zero-order valence-corrected chi connectivity index (χ0v) is 64.4. The van der Waals surface area contributed by atoms with Gasteiger partial charge in [-0.15, -0.1) is 0 Å². The van der Waals surface area contributed by atoms with Crippen LogP contribution in [0, 0.1) is 81.8 Å². The van der Waals surface area contributed by atoms with Crippen molar-refractivity contribution >= 4 is 51.9 Å². The molecule has 0 saturated heterocycles. The highest BCUT2D eigenvalue weighted by molar-refractivity contribution is 7.88. The number of nitrogens with zero attached hydrogens (tertiary/aromatic N) is 2. The molecule has 25 heteroatoms. The number of nitriles is 2. The number of aliphatic hydroxyl groups is 1. The first kappa shape index (κ1) is 87.9. The molecule has 16 aliphatic rings. The number of ether oxygens (including phenoxy) is 9. The summed E-state index contributed by atoms with van der Waals surface area (Å²) in [5.74, 6) is 5.24. The molecule has 16 saturated carbocycles. The summed E-state index contributed by atoms with van der Waals surface area (Å²) < 4.78 is 67.8. The Morgan fingerprint density at radius 1 is 0.471 bits per heavy atom. The summed E-state index contributed by atoms with van der Waals surface area (Å²) in [5, 5.41) is 28.5. The highest BCUT2D eigenvalue weighted by Crippen LogP contribution is 2.63. The van der Waals surface area contributed by atoms with Crippen molar-refractivity contribution < 1.29 is 89.7 Å². The summed E-state index contributed by atoms with van der Waals surface area (Å²) in [6.07, 6.45) is 31.0. The molecule has 582 valence electrons. The number of sulfonamides is 1. The molecule has 0 spiro atoms. The standard InChI is InChI=1S/C17H23NO3.C15H21NO4.C15H23NO3.C11H16O2.C7H12.C6H10O3.C5H8O2.C2H3N.CH5NO2S/c1-12(2)15(19)21-17-9-13-6-14(10-17)8-16(7-13,11-17)20-5-3-4-18;1-9(2)12(17)19-14-4-10-3-11(5-14)7-15(6-10,8-14)20-13(16)18;1-10(2)13(17)19-15-6-11-3-12(7-15)5-14(4-11,8-15)18-9-16;1-7(2)11(12)13-10-6-8-3-4-9(10)5-8;1-2-7-4-3-6(1)5-7;1-5(2)6(8)9-4-3-7;1-4(2)5(6)7-3;1-2-3;1-5(2,3)4/h13-14H,1,3,5-11H2,2H3;10-11H,1,3-8H2,2H3,(H2,16,18);11-12H,1,3-9,16H2,2H3;8-10H,1,3-6H2,2H3;6-7H,1-5H2;7H,1,3-4H2,2H3;1H2,2-3H3;1H3;1H3,(H2,2,3,4). The number of rotatable bonds is 18. The van der Waals surface area contributed by atoms with Crippen molar-refractivity contribution in [1.82, 2.24) is 0 Å². The first-order chi connectivity index (χ1) is 48.6. The second-order valence-corrected chi connectivity index (χ2v) is 34.1. The number of amides is 1. The maximum atomic E-state index is 12.0. The van der Waals surface area contributed by atoms with Crippen LogP contribution in [-0.4, -0.2) is 135 Å². The van der Waals surface area contributed by atoms with E-state index in [4.69, 9.17) is 60.3 Å². The molecular weight excluding hydrogens is 1350 g/mol. The van der Waals surface area contributed by atoms with Crippen LogP contribution in [0.25, 0.3) is 0 Å². The third-order valence-electron chi connectivity index (χ3n) is 22.3. The normalized spacial score (nSPS) is 33.5. The van der Waals surface area contributed by atoms with Crippen LogP contribution in [0.15, 0.2) is 72.9 Å². The number of esters is 6. The number of primary sulfonamides is 1. The van der Waals surface area contributed by atoms with Gasteiger partial charge in [-0.05, 0) is 229 Å². The second-order valence-electron chi connectivity index (χ2n) is 32.5. The third-order valence-corrected chi connectivity index (χ3v) is 22.3. The molecule has 0 heterocycles. The Morgan fingerprint density at radius 2 is 0.788 bits per heavy atom. The number of fused-ring (bicyclic) bond motifs is 4. The molecule has 16 fully saturated rings. The van der Waals surface area contributed by atoms with E-state index in [2.05, 4.69) is 60.2 Å². The molecule has 7 N–H and O–H groups in total. The fourth-order valence-electron chi connectivity index (χ4n) is 19.8. The van der Waals surface area contributed by atoms with E-state index in [0.29, 0.717) is 94.3 Å². The van der Waals surface area contributed by atoms with E-state index < -0.39 is 33.3 Å². The van der Waals surface area contributed by atoms with Crippen molar-refractivity contribution in [1.29, 1.82) is 10.5 Å². The molecule has 0 radical (unpaired) electrons. The highest BCUT2D eigenvalue weighted by Gasteiger charge is 2.63. The van der Waals surface area contributed by atoms with E-state index in [1.807, 2.05) is 0 Å². The lowest BCUT2D eigenvalue weighted by Gasteiger charge is -2.60. The summed E-state index contributed by atoms with van der Waals surface area (Å²) in [7, 11) is -1.84. The number of methoxy groups -OCH3 is 1. The minimum atomic E-state index is -3.17. The van der Waals surface area contributed by atoms with Gasteiger partial charge in [0.2, 0.25) is 10.0 Å². The van der Waals surface area contributed by atoms with Gasteiger partial charge in [0.05, 0.1) is 63.1 Å². The average Bonchev–Trinajstić information content (AvgIpc) is 1.20. The molecular formula is C79H121N5O19S. The fraction of sp³-hybridized carbons (Fsp3) is 0.734. The Labute approximate surface area is 618 Å². The predicted molar refractivity (Wildman–Crippen MR) is 390 cm³/mol. The largest absolute Gasteiger partial charge is 0.466 e. The molecule has 16 rings (SSSR count). The Hall–Kier alpha value is -6.74. The van der Waals surface area contributed by atoms with Gasteiger partial charge in [-0.25, -0.2) is 47.1 Å². The second kappa shape index (κ2) is 38.7. The molecule has 16 bridgehead atoms. The van der Waals surface area contributed by atoms with Crippen molar-refractivity contribution in [3.63, 3.8) is 0 Å². The summed E-state index contributed by atoms with van der Waals surface area (Å²) in [4.78, 5) is 78.9. The van der Waals surface area contributed by atoms with Gasteiger partial charge in [0, 0.05) is 59.6 Å². The van der Waals surface area contributed by atoms with Gasteiger partial charge in [0.1, 0.15) is 35.1 Å². The van der Waals surface area contributed by atoms with Gasteiger partial charge in [0.25, 0.3) is 0 Å². The van der Waals surface area contributed by atoms with Crippen LogP contribution in [0.2, 0.25) is 0 Å². The molecule has 0 aromatic heterocycles. The molecule has 9 atom stereocenters. The quantitative estimate of drug-likeness (QED) is 0.0325. The maximum absolute atomic E-state index is 12.0. The molecule has 0 aliphatic heterocycles. The molecule has 16 aliphatic carbocycles. The number of carbonyl (C=O) groups excluding carboxylic acids is 7. The Bertz CT molecular complexity index is 3260. The van der Waals surface area contributed by atoms with Crippen molar-refractivity contribution in [3.8, 4) is 12.1 Å². The van der Waals surface area contributed by atoms with Crippen LogP contribution in [0.1, 0.15) is 228 Å². The number of carbonyl (C=O) groups is 7. The van der Waals surface area contributed by atoms with Crippen LogP contribution in [0.4, 0.5) is 4.79 Å². The number of nitrogens with two attached hydrogens (primary N) is 3. The Kier molecular flexibility index (Phi) is 32.7. The number of aliphatic hydroxyl groups excluding tert-OH is 1. The zero-order valence-electron chi connectivity index (χ0n) is 63.6. The minimum absolute atomic E-state index is 0.0473. The molecule has 104 heavy (non-hydrogen) atoms. The third kappa shape index (κ3) is 26.6. The van der Waals surface area contributed by atoms with Gasteiger partial charge in [-0.2, -0.15) is 10.5 Å². The van der Waals surface area contributed by atoms with Gasteiger partial charge in [-0.1, -0.05) is 65.2 Å². The van der Waals surface area contributed by atoms with Crippen LogP contribution in [0.5, 0.6) is 0 Å². The molecule has 9 unspecified atom stereocenters. The Morgan fingerprint density at radius 3 is 1.05 bits per heavy atom. The van der Waals surface area contributed by atoms with E-state index in [0.717, 1.165) is 115 Å². The van der Waals surface area contributed by atoms with Crippen LogP contribution in [-0.2, 0) is 81.4 Å². The fourth-order valence-corrected chi connectivity index (χ4v) is 19.8. The Balaban J connectivity index is 0.000000221. The smallest absolute Gasteiger partial charge is 0.405 e. The first-order valence-electron chi connectivity index (χ1n) is 36.9. The van der Waals surface area contributed by atoms with E-state index in [9.17, 15) is 42.0 Å². The van der Waals surface area contributed by atoms with Crippen molar-refractivity contribution in [3.05, 3.63) is 72.9 Å². The summed E-state index contributed by atoms with van der Waals surface area (Å²) in [6.45, 7) is 33.3. The number of hydrogen-bond acceptors (Lipinski definition) is 22. The van der Waals surface area contributed by atoms with Gasteiger partial charge >= 0.3 is 41.9 Å². The van der Waals surface area contributed by atoms with Crippen molar-refractivity contribution in [2.75, 3.05) is 39.9 Å². The van der Waals surface area contributed by atoms with Crippen molar-refractivity contribution in [2.45, 2.75) is 268 Å². The number of primary amides is 1. The monoisotopic (exact) mass is 1480 g/mol. The average molecular weight is 1480 g/mol. The number of hydrogen-bond donors (Lipinski definition) is 4. The van der Waals surface area contributed by atoms with E-state index in [1.165, 1.54) is 58.0 Å². The maximum Gasteiger partial charge on any atom is 0.405 e. The molecule has 0 aromatic rings. The van der Waals surface area contributed by atoms with Crippen LogP contribution in [0.3, 0.4) is 0 Å². The zero-order chi connectivity index (χ0) is 77.8. The lowest BCUT2D eigenvalue weighted by molar-refractivity contribution is -0.232. The topological polar surface area (TPSA) is 383 Å². The summed E-state index contributed by atoms with van der Waals surface area (Å²) in [5.41, 5.74) is 11.5. The molecule has 0 aromatic carbocycles. The van der Waals surface area contributed by atoms with Gasteiger partial charge in [0.15, 0.2) is 0 Å². The lowest BCUT2D eigenvalue weighted by Crippen LogP contribution is -2.62. The lowest BCUT2D eigenvalue weighted by atomic mass is 9.52. The van der Waals surface area contributed by atoms with Crippen molar-refractivity contribution in [2.24, 2.45) is 75.8 Å². The first-order valence-corrected chi connectivity index (χ1v) is 38.9. The SMILES string of the molecule is C1CC2CCC1C2.C=C(C)C(=O)OC.C=C(C)C(=O)OC12CC3CC(CC(OC(N)=O)(C3)C1)C2.C=C(C)C(=O)OC12CC3CC(CC(OCCC#N)(C3)C1)C2.C=C(C)C(=O)OC12CC3CC(CC(OCN)(C3)C1)C2.C=C(C)C(=O)OC1CC2CCC1C2.C=C(C)C(=O)OCCO.CC#N.CS(N)(=O)=O. The van der Waals surface area contributed by atoms with Crippen LogP contribution >= 0.6 is 0 Å². The highest BCUT2D eigenvalue weighted by atomic mass is 32.2. The molecule has 24 nitrogen and oxygen atoms in total. The van der Waals surface area contributed by atoms with Crippen LogP contribution < -0.4 is 16.6 Å². The summed E-state index contributed by atoms with van der Waals surface area (Å²) >= 11 is 0. The molecule has 1 amide bonds. The van der Waals surface area contributed by atoms with Gasteiger partial charge < -0.3 is 59.2 Å². The van der Waals surface area contributed by atoms with E-state index in [-0.39, 0.29) is 78.3 Å². The van der Waals surface area contributed by atoms with Gasteiger partial charge in [-0.3, -0.25) is 0 Å². The van der Waals surface area contributed by atoms with E-state index in [1.54, 1.807) is 79.7 Å². The van der Waals surface area contributed by atoms with E-state index >= 15 is 0 Å². The minimum Gasteiger partial charge on any atom is -0.466 e. The summed E-state index contributed by atoms with van der Waals surface area (Å²) in [6, 6.07) is 3.88.